The maximum absolute atomic E-state index is 13.3. The lowest BCUT2D eigenvalue weighted by atomic mass is 9.98. The van der Waals surface area contributed by atoms with Crippen molar-refractivity contribution in [1.29, 1.82) is 0 Å². The molecule has 1 saturated heterocycles. The zero-order valence-electron chi connectivity index (χ0n) is 20.4. The van der Waals surface area contributed by atoms with Gasteiger partial charge in [0, 0.05) is 30.1 Å². The molecule has 2 heterocycles. The predicted octanol–water partition coefficient (Wildman–Crippen LogP) is 1.15. The van der Waals surface area contributed by atoms with E-state index < -0.39 is 42.0 Å². The molecule has 190 valence electrons. The fourth-order valence-electron chi connectivity index (χ4n) is 4.37. The molecule has 0 radical (unpaired) electrons. The number of para-hydroxylation sites is 1. The van der Waals surface area contributed by atoms with Crippen molar-refractivity contribution in [2.24, 2.45) is 11.7 Å². The molecule has 2 aromatic rings. The Balaban J connectivity index is 1.80. The molecule has 0 bridgehead atoms. The number of likely N-dealkylation sites (tertiary alicyclic amines) is 1. The van der Waals surface area contributed by atoms with Crippen LogP contribution in [-0.2, 0) is 25.6 Å². The third-order valence-electron chi connectivity index (χ3n) is 6.84. The van der Waals surface area contributed by atoms with E-state index in [1.807, 2.05) is 38.1 Å². The number of benzene rings is 1. The van der Waals surface area contributed by atoms with Crippen LogP contribution in [0.3, 0.4) is 0 Å². The van der Waals surface area contributed by atoms with Gasteiger partial charge in [0.25, 0.3) is 0 Å². The number of nitrogens with zero attached hydrogens (tertiary/aromatic N) is 1. The molecule has 0 aliphatic carbocycles. The summed E-state index contributed by atoms with van der Waals surface area (Å²) in [6, 6.07) is 4.00. The number of aromatic amines is 1. The highest BCUT2D eigenvalue weighted by molar-refractivity contribution is 5.95. The molecule has 1 aromatic heterocycles. The van der Waals surface area contributed by atoms with Crippen LogP contribution in [0.15, 0.2) is 30.5 Å². The second kappa shape index (κ2) is 11.4. The van der Waals surface area contributed by atoms with Gasteiger partial charge in [0.15, 0.2) is 0 Å². The molecule has 1 aliphatic rings. The summed E-state index contributed by atoms with van der Waals surface area (Å²) < 4.78 is 0. The van der Waals surface area contributed by atoms with E-state index in [1.54, 1.807) is 6.20 Å². The third-order valence-corrected chi connectivity index (χ3v) is 6.84. The van der Waals surface area contributed by atoms with E-state index in [4.69, 9.17) is 5.73 Å². The fourth-order valence-corrected chi connectivity index (χ4v) is 4.37. The molecular weight excluding hydrogens is 450 g/mol. The molecule has 1 aromatic carbocycles. The number of carbonyl (C=O) groups excluding carboxylic acids is 3. The van der Waals surface area contributed by atoms with Crippen LogP contribution < -0.4 is 16.4 Å². The van der Waals surface area contributed by atoms with Gasteiger partial charge in [-0.15, -0.1) is 0 Å². The number of H-pyrrole nitrogens is 1. The first kappa shape index (κ1) is 26.2. The molecule has 3 rings (SSSR count). The molecule has 6 N–H and O–H groups in total. The number of carbonyl (C=O) groups is 4. The average molecular weight is 486 g/mol. The fraction of sp³-hybridized carbons (Fsp3) is 0.520. The molecule has 10 nitrogen and oxygen atoms in total. The zero-order valence-corrected chi connectivity index (χ0v) is 20.4. The Morgan fingerprint density at radius 1 is 1.20 bits per heavy atom. The summed E-state index contributed by atoms with van der Waals surface area (Å²) in [4.78, 5) is 55.2. The van der Waals surface area contributed by atoms with Crippen molar-refractivity contribution >= 4 is 34.6 Å². The van der Waals surface area contributed by atoms with E-state index in [-0.39, 0.29) is 18.2 Å². The van der Waals surface area contributed by atoms with Gasteiger partial charge in [-0.05, 0) is 37.3 Å². The van der Waals surface area contributed by atoms with E-state index in [2.05, 4.69) is 15.6 Å². The lowest BCUT2D eigenvalue weighted by molar-refractivity contribution is -0.143. The van der Waals surface area contributed by atoms with Gasteiger partial charge in [0.05, 0.1) is 6.04 Å². The van der Waals surface area contributed by atoms with Crippen LogP contribution in [0.1, 0.15) is 45.6 Å². The summed E-state index contributed by atoms with van der Waals surface area (Å²) in [5.41, 5.74) is 7.84. The molecular formula is C25H35N5O5. The van der Waals surface area contributed by atoms with Crippen LogP contribution in [0.2, 0.25) is 0 Å². The number of aliphatic carboxylic acids is 1. The van der Waals surface area contributed by atoms with Gasteiger partial charge in [-0.1, -0.05) is 38.5 Å². The number of nitrogens with one attached hydrogen (secondary N) is 3. The van der Waals surface area contributed by atoms with Crippen LogP contribution in [0.4, 0.5) is 0 Å². The second-order valence-electron chi connectivity index (χ2n) is 9.29. The van der Waals surface area contributed by atoms with Gasteiger partial charge in [-0.25, -0.2) is 0 Å². The zero-order chi connectivity index (χ0) is 25.7. The Labute approximate surface area is 204 Å². The standard InChI is InChI=1S/C25H35N5O5/c1-4-14(2)21(26)24(33)30-11-7-10-20(30)23(32)29-19(22(31)28-15(3)25(34)35)12-16-13-27-18-9-6-5-8-17(16)18/h5-6,8-9,13-15,19-21,27H,4,7,10-12,26H2,1-3H3,(H,28,31)(H,29,32)(H,34,35). The third kappa shape index (κ3) is 6.00. The normalized spacial score (nSPS) is 19.1. The number of carboxylic acid groups (broad SMARTS) is 1. The number of amides is 3. The first-order valence-corrected chi connectivity index (χ1v) is 12.1. The summed E-state index contributed by atoms with van der Waals surface area (Å²) in [6.07, 6.45) is 3.80. The first-order chi connectivity index (χ1) is 16.6. The van der Waals surface area contributed by atoms with E-state index in [0.717, 1.165) is 22.9 Å². The highest BCUT2D eigenvalue weighted by Gasteiger charge is 2.38. The van der Waals surface area contributed by atoms with Gasteiger partial charge in [-0.3, -0.25) is 19.2 Å². The van der Waals surface area contributed by atoms with Crippen molar-refractivity contribution in [1.82, 2.24) is 20.5 Å². The van der Waals surface area contributed by atoms with Crippen molar-refractivity contribution in [3.8, 4) is 0 Å². The molecule has 3 amide bonds. The van der Waals surface area contributed by atoms with Crippen molar-refractivity contribution in [2.75, 3.05) is 6.54 Å². The van der Waals surface area contributed by atoms with E-state index in [1.165, 1.54) is 11.8 Å². The van der Waals surface area contributed by atoms with E-state index >= 15 is 0 Å². The molecule has 10 heteroatoms. The van der Waals surface area contributed by atoms with Gasteiger partial charge < -0.3 is 31.4 Å². The minimum Gasteiger partial charge on any atom is -0.480 e. The monoisotopic (exact) mass is 485 g/mol. The van der Waals surface area contributed by atoms with Crippen molar-refractivity contribution < 1.29 is 24.3 Å². The largest absolute Gasteiger partial charge is 0.480 e. The van der Waals surface area contributed by atoms with Gasteiger partial charge in [0.2, 0.25) is 17.7 Å². The van der Waals surface area contributed by atoms with Gasteiger partial charge in [0.1, 0.15) is 18.1 Å². The number of carboxylic acids is 1. The highest BCUT2D eigenvalue weighted by atomic mass is 16.4. The predicted molar refractivity (Wildman–Crippen MR) is 131 cm³/mol. The lowest BCUT2D eigenvalue weighted by Crippen LogP contribution is -2.57. The molecule has 35 heavy (non-hydrogen) atoms. The van der Waals surface area contributed by atoms with Gasteiger partial charge in [-0.2, -0.15) is 0 Å². The van der Waals surface area contributed by atoms with Crippen LogP contribution in [0, 0.1) is 5.92 Å². The number of rotatable bonds is 10. The summed E-state index contributed by atoms with van der Waals surface area (Å²) in [6.45, 7) is 5.64. The van der Waals surface area contributed by atoms with Crippen LogP contribution in [0.5, 0.6) is 0 Å². The molecule has 1 fully saturated rings. The lowest BCUT2D eigenvalue weighted by Gasteiger charge is -2.30. The molecule has 1 aliphatic heterocycles. The Hall–Kier alpha value is -3.40. The SMILES string of the molecule is CCC(C)C(N)C(=O)N1CCCC1C(=O)NC(Cc1c[nH]c2ccccc12)C(=O)NC(C)C(=O)O. The summed E-state index contributed by atoms with van der Waals surface area (Å²) >= 11 is 0. The number of hydrogen-bond acceptors (Lipinski definition) is 5. The number of fused-ring (bicyclic) bond motifs is 1. The van der Waals surface area contributed by atoms with Gasteiger partial charge >= 0.3 is 5.97 Å². The number of aromatic nitrogens is 1. The van der Waals surface area contributed by atoms with E-state index in [0.29, 0.717) is 19.4 Å². The van der Waals surface area contributed by atoms with Crippen LogP contribution in [0.25, 0.3) is 10.9 Å². The average Bonchev–Trinajstić information content (AvgIpc) is 3.49. The van der Waals surface area contributed by atoms with Crippen molar-refractivity contribution in [3.05, 3.63) is 36.0 Å². The van der Waals surface area contributed by atoms with Crippen molar-refractivity contribution in [2.45, 2.75) is 70.6 Å². The minimum absolute atomic E-state index is 0.0234. The van der Waals surface area contributed by atoms with Crippen LogP contribution >= 0.6 is 0 Å². The number of hydrogen-bond donors (Lipinski definition) is 5. The maximum atomic E-state index is 13.3. The maximum Gasteiger partial charge on any atom is 0.325 e. The first-order valence-electron chi connectivity index (χ1n) is 12.1. The minimum atomic E-state index is -1.18. The molecule has 0 spiro atoms. The van der Waals surface area contributed by atoms with Crippen molar-refractivity contribution in [3.63, 3.8) is 0 Å². The quantitative estimate of drug-likeness (QED) is 0.340. The molecule has 5 atom stereocenters. The van der Waals surface area contributed by atoms with Crippen LogP contribution in [-0.4, -0.2) is 69.4 Å². The second-order valence-corrected chi connectivity index (χ2v) is 9.29. The Kier molecular flexibility index (Phi) is 8.50. The topological polar surface area (TPSA) is 158 Å². The Bertz CT molecular complexity index is 1080. The molecule has 5 unspecified atom stereocenters. The Morgan fingerprint density at radius 3 is 2.60 bits per heavy atom. The summed E-state index contributed by atoms with van der Waals surface area (Å²) in [5, 5.41) is 15.3. The molecule has 0 saturated carbocycles. The summed E-state index contributed by atoms with van der Waals surface area (Å²) in [7, 11) is 0. The number of nitrogens with two attached hydrogens (primary N) is 1. The highest BCUT2D eigenvalue weighted by Crippen LogP contribution is 2.22. The summed E-state index contributed by atoms with van der Waals surface area (Å²) in [5.74, 6) is -2.53. The Morgan fingerprint density at radius 2 is 1.91 bits per heavy atom. The smallest absolute Gasteiger partial charge is 0.325 e. The van der Waals surface area contributed by atoms with E-state index in [9.17, 15) is 24.3 Å².